The predicted octanol–water partition coefficient (Wildman–Crippen LogP) is 3.59. The van der Waals surface area contributed by atoms with Crippen molar-refractivity contribution < 1.29 is 14.3 Å². The fourth-order valence-corrected chi connectivity index (χ4v) is 3.94. The van der Waals surface area contributed by atoms with Crippen molar-refractivity contribution in [1.82, 2.24) is 0 Å². The van der Waals surface area contributed by atoms with Crippen LogP contribution in [-0.2, 0) is 20.9 Å². The van der Waals surface area contributed by atoms with Gasteiger partial charge in [0.2, 0.25) is 5.12 Å². The summed E-state index contributed by atoms with van der Waals surface area (Å²) in [5.41, 5.74) is 1.75. The molecule has 116 valence electrons. The molecule has 1 saturated carbocycles. The van der Waals surface area contributed by atoms with E-state index in [1.54, 1.807) is 0 Å². The molecule has 1 aliphatic heterocycles. The minimum Gasteiger partial charge on any atom is -0.461 e. The number of carbonyl (C=O) groups is 2. The van der Waals surface area contributed by atoms with Crippen LogP contribution in [0.15, 0.2) is 42.0 Å². The van der Waals surface area contributed by atoms with Gasteiger partial charge in [0.15, 0.2) is 0 Å². The maximum atomic E-state index is 12.3. The van der Waals surface area contributed by atoms with Crippen molar-refractivity contribution in [2.45, 2.75) is 26.9 Å². The summed E-state index contributed by atoms with van der Waals surface area (Å²) in [6.45, 7) is 4.44. The van der Waals surface area contributed by atoms with Gasteiger partial charge in [0.25, 0.3) is 0 Å². The zero-order chi connectivity index (χ0) is 15.7. The summed E-state index contributed by atoms with van der Waals surface area (Å²) in [5.74, 6) is 0.685. The summed E-state index contributed by atoms with van der Waals surface area (Å²) in [6.07, 6.45) is 2.83. The molecule has 0 radical (unpaired) electrons. The second kappa shape index (κ2) is 5.92. The molecule has 0 amide bonds. The van der Waals surface area contributed by atoms with Gasteiger partial charge in [-0.15, -0.1) is 0 Å². The Bertz CT molecular complexity index is 618. The van der Waals surface area contributed by atoms with Crippen LogP contribution < -0.4 is 0 Å². The number of ether oxygens (including phenoxy) is 1. The number of hydrogen-bond donors (Lipinski definition) is 0. The Morgan fingerprint density at radius 2 is 2.09 bits per heavy atom. The van der Waals surface area contributed by atoms with E-state index < -0.39 is 0 Å². The molecule has 0 spiro atoms. The maximum absolute atomic E-state index is 12.3. The topological polar surface area (TPSA) is 43.4 Å². The van der Waals surface area contributed by atoms with Crippen LogP contribution in [0.3, 0.4) is 0 Å². The minimum atomic E-state index is -0.159. The maximum Gasteiger partial charge on any atom is 0.310 e. The molecule has 1 heterocycles. The summed E-state index contributed by atoms with van der Waals surface area (Å²) < 4.78 is 5.45. The minimum absolute atomic E-state index is 0.117. The number of rotatable bonds is 4. The van der Waals surface area contributed by atoms with Crippen LogP contribution in [0.2, 0.25) is 0 Å². The Kier molecular flexibility index (Phi) is 4.13. The monoisotopic (exact) mass is 316 g/mol. The third-order valence-electron chi connectivity index (χ3n) is 4.64. The molecule has 2 aliphatic rings. The number of benzene rings is 1. The average Bonchev–Trinajstić information content (AvgIpc) is 2.81. The smallest absolute Gasteiger partial charge is 0.310 e. The molecule has 2 fully saturated rings. The van der Waals surface area contributed by atoms with Gasteiger partial charge in [-0.2, -0.15) is 0 Å². The van der Waals surface area contributed by atoms with Gasteiger partial charge in [-0.3, -0.25) is 9.59 Å². The molecule has 1 aromatic carbocycles. The van der Waals surface area contributed by atoms with Crippen molar-refractivity contribution in [2.24, 2.45) is 17.3 Å². The first-order valence-corrected chi connectivity index (χ1v) is 8.57. The first-order valence-electron chi connectivity index (χ1n) is 7.58. The van der Waals surface area contributed by atoms with Crippen LogP contribution in [0.1, 0.15) is 25.8 Å². The van der Waals surface area contributed by atoms with Gasteiger partial charge in [-0.1, -0.05) is 62.0 Å². The van der Waals surface area contributed by atoms with Crippen LogP contribution in [0.5, 0.6) is 0 Å². The van der Waals surface area contributed by atoms with Crippen LogP contribution >= 0.6 is 11.8 Å². The largest absolute Gasteiger partial charge is 0.461 e. The normalized spacial score (nSPS) is 27.9. The summed E-state index contributed by atoms with van der Waals surface area (Å²) >= 11 is 1.37. The lowest BCUT2D eigenvalue weighted by Crippen LogP contribution is -2.10. The zero-order valence-corrected chi connectivity index (χ0v) is 13.7. The first-order chi connectivity index (χ1) is 10.5. The highest BCUT2D eigenvalue weighted by Gasteiger charge is 2.61. The highest BCUT2D eigenvalue weighted by atomic mass is 32.2. The van der Waals surface area contributed by atoms with E-state index in [1.165, 1.54) is 11.8 Å². The zero-order valence-electron chi connectivity index (χ0n) is 12.9. The lowest BCUT2D eigenvalue weighted by molar-refractivity contribution is -0.147. The predicted molar refractivity (Wildman–Crippen MR) is 87.2 cm³/mol. The Labute approximate surface area is 135 Å². The van der Waals surface area contributed by atoms with Crippen LogP contribution in [0.25, 0.3) is 0 Å². The summed E-state index contributed by atoms with van der Waals surface area (Å²) in [7, 11) is 0. The number of carbonyl (C=O) groups excluding carboxylic acids is 2. The molecule has 3 rings (SSSR count). The van der Waals surface area contributed by atoms with Crippen molar-refractivity contribution in [3.8, 4) is 0 Å². The van der Waals surface area contributed by atoms with E-state index in [2.05, 4.69) is 13.8 Å². The van der Waals surface area contributed by atoms with Crippen LogP contribution in [0, 0.1) is 17.3 Å². The molecule has 4 heteroatoms. The average molecular weight is 316 g/mol. The van der Waals surface area contributed by atoms with E-state index in [4.69, 9.17) is 4.74 Å². The first kappa shape index (κ1) is 15.3. The number of hydrogen-bond acceptors (Lipinski definition) is 4. The number of allylic oxidation sites excluding steroid dienone is 1. The van der Waals surface area contributed by atoms with Crippen molar-refractivity contribution in [3.05, 3.63) is 47.5 Å². The lowest BCUT2D eigenvalue weighted by atomic mass is 10.1. The molecule has 0 N–H and O–H groups in total. The lowest BCUT2D eigenvalue weighted by Gasteiger charge is -2.05. The van der Waals surface area contributed by atoms with Gasteiger partial charge in [-0.25, -0.2) is 0 Å². The molecule has 2 unspecified atom stereocenters. The van der Waals surface area contributed by atoms with E-state index in [-0.39, 0.29) is 28.3 Å². The number of thioether (sulfide) groups is 1. The standard InChI is InChI=1S/C18H20O3S/c1-18(2)14(10-13-8-9-22-17(13)20)15(18)16(19)21-11-12-6-4-3-5-7-12/h3-7,10,14-15H,8-9,11H2,1-2H3. The Hall–Kier alpha value is -1.55. The SMILES string of the molecule is CC1(C)C(C=C2CCSC2=O)C1C(=O)OCc1ccccc1. The van der Waals surface area contributed by atoms with Gasteiger partial charge >= 0.3 is 5.97 Å². The Morgan fingerprint density at radius 1 is 1.36 bits per heavy atom. The molecule has 1 aliphatic carbocycles. The summed E-state index contributed by atoms with van der Waals surface area (Å²) in [4.78, 5) is 24.0. The second-order valence-electron chi connectivity index (χ2n) is 6.50. The van der Waals surface area contributed by atoms with Gasteiger partial charge in [-0.05, 0) is 23.3 Å². The quantitative estimate of drug-likeness (QED) is 0.629. The van der Waals surface area contributed by atoms with E-state index in [0.29, 0.717) is 6.61 Å². The molecular weight excluding hydrogens is 296 g/mol. The van der Waals surface area contributed by atoms with E-state index >= 15 is 0 Å². The molecule has 2 atom stereocenters. The number of esters is 1. The third-order valence-corrected chi connectivity index (χ3v) is 5.57. The van der Waals surface area contributed by atoms with Crippen LogP contribution in [-0.4, -0.2) is 16.8 Å². The molecular formula is C18H20O3S. The van der Waals surface area contributed by atoms with Gasteiger partial charge in [0, 0.05) is 11.3 Å². The van der Waals surface area contributed by atoms with Gasteiger partial charge in [0.1, 0.15) is 6.61 Å². The van der Waals surface area contributed by atoms with Gasteiger partial charge < -0.3 is 4.74 Å². The fraction of sp³-hybridized carbons (Fsp3) is 0.444. The fourth-order valence-electron chi connectivity index (χ4n) is 3.07. The van der Waals surface area contributed by atoms with Gasteiger partial charge in [0.05, 0.1) is 5.92 Å². The van der Waals surface area contributed by atoms with E-state index in [1.807, 2.05) is 36.4 Å². The summed E-state index contributed by atoms with van der Waals surface area (Å²) in [6, 6.07) is 9.69. The second-order valence-corrected chi connectivity index (χ2v) is 7.56. The summed E-state index contributed by atoms with van der Waals surface area (Å²) in [5, 5.41) is 0.166. The molecule has 0 bridgehead atoms. The van der Waals surface area contributed by atoms with Crippen molar-refractivity contribution in [2.75, 3.05) is 5.75 Å². The van der Waals surface area contributed by atoms with E-state index in [9.17, 15) is 9.59 Å². The highest BCUT2D eigenvalue weighted by molar-refractivity contribution is 8.14. The molecule has 22 heavy (non-hydrogen) atoms. The molecule has 1 aromatic rings. The Balaban J connectivity index is 1.62. The molecule has 3 nitrogen and oxygen atoms in total. The third kappa shape index (κ3) is 2.98. The van der Waals surface area contributed by atoms with Crippen molar-refractivity contribution in [1.29, 1.82) is 0 Å². The Morgan fingerprint density at radius 3 is 2.73 bits per heavy atom. The van der Waals surface area contributed by atoms with Crippen molar-refractivity contribution in [3.63, 3.8) is 0 Å². The molecule has 1 saturated heterocycles. The van der Waals surface area contributed by atoms with Crippen molar-refractivity contribution >= 4 is 22.8 Å². The van der Waals surface area contributed by atoms with Crippen LogP contribution in [0.4, 0.5) is 0 Å². The molecule has 0 aromatic heterocycles. The highest BCUT2D eigenvalue weighted by Crippen LogP contribution is 2.60. The van der Waals surface area contributed by atoms with E-state index in [0.717, 1.165) is 23.3 Å².